The molecule has 18 heavy (non-hydrogen) atoms. The lowest BCUT2D eigenvalue weighted by molar-refractivity contribution is 0.102. The van der Waals surface area contributed by atoms with Gasteiger partial charge in [0.15, 0.2) is 0 Å². The minimum Gasteiger partial charge on any atom is -0.322 e. The fourth-order valence-corrected chi connectivity index (χ4v) is 2.05. The van der Waals surface area contributed by atoms with Crippen LogP contribution in [0.4, 0.5) is 5.69 Å². The minimum atomic E-state index is -0.154. The van der Waals surface area contributed by atoms with Crippen LogP contribution in [0.5, 0.6) is 0 Å². The Morgan fingerprint density at radius 1 is 1.44 bits per heavy atom. The van der Waals surface area contributed by atoms with Gasteiger partial charge in [-0.15, -0.1) is 11.3 Å². The average molecular weight is 257 g/mol. The van der Waals surface area contributed by atoms with Crippen molar-refractivity contribution in [1.29, 1.82) is 0 Å². The average Bonchev–Trinajstić information content (AvgIpc) is 2.86. The fraction of sp³-hybridized carbons (Fsp3) is 0.0769. The zero-order chi connectivity index (χ0) is 12.8. The Morgan fingerprint density at radius 2 is 2.22 bits per heavy atom. The molecule has 0 spiro atoms. The topological polar surface area (TPSA) is 68.0 Å². The molecule has 0 radical (unpaired) electrons. The number of hydrogen-bond donors (Lipinski definition) is 2. The molecule has 0 aliphatic rings. The molecule has 0 unspecified atom stereocenters. The van der Waals surface area contributed by atoms with Crippen LogP contribution in [0.2, 0.25) is 0 Å². The van der Waals surface area contributed by atoms with E-state index in [0.29, 0.717) is 12.1 Å². The molecule has 2 aromatic heterocycles. The molecule has 0 aliphatic heterocycles. The van der Waals surface area contributed by atoms with Gasteiger partial charge in [0.25, 0.3) is 5.91 Å². The number of nitrogens with one attached hydrogen (secondary N) is 1. The molecule has 90 valence electrons. The summed E-state index contributed by atoms with van der Waals surface area (Å²) in [5, 5.41) is 4.56. The highest BCUT2D eigenvalue weighted by Crippen LogP contribution is 2.15. The number of rotatable bonds is 2. The number of carbonyl (C=O) groups excluding carboxylic acids is 1. The number of nitrogens with two attached hydrogens (primary N) is 1. The van der Waals surface area contributed by atoms with Gasteiger partial charge in [-0.05, 0) is 18.2 Å². The Balaban J connectivity index is 2.08. The summed E-state index contributed by atoms with van der Waals surface area (Å²) < 4.78 is 0. The maximum Gasteiger partial charge on any atom is 0.256 e. The zero-order valence-electron chi connectivity index (χ0n) is 9.51. The third kappa shape index (κ3) is 3.17. The monoisotopic (exact) mass is 257 g/mol. The molecule has 0 saturated heterocycles. The molecule has 2 aromatic rings. The van der Waals surface area contributed by atoms with E-state index in [-0.39, 0.29) is 5.91 Å². The summed E-state index contributed by atoms with van der Waals surface area (Å²) >= 11 is 1.43. The number of aromatic nitrogens is 1. The predicted octanol–water partition coefficient (Wildman–Crippen LogP) is 1.71. The van der Waals surface area contributed by atoms with Crippen molar-refractivity contribution >= 4 is 22.9 Å². The first kappa shape index (κ1) is 12.3. The van der Waals surface area contributed by atoms with E-state index in [2.05, 4.69) is 22.1 Å². The third-order valence-electron chi connectivity index (χ3n) is 2.11. The van der Waals surface area contributed by atoms with E-state index in [1.54, 1.807) is 36.0 Å². The molecule has 4 nitrogen and oxygen atoms in total. The predicted molar refractivity (Wildman–Crippen MR) is 72.4 cm³/mol. The molecule has 0 atom stereocenters. The Morgan fingerprint density at radius 3 is 2.94 bits per heavy atom. The molecule has 0 bridgehead atoms. The summed E-state index contributed by atoms with van der Waals surface area (Å²) in [5.41, 5.74) is 6.60. The van der Waals surface area contributed by atoms with E-state index < -0.39 is 0 Å². The van der Waals surface area contributed by atoms with Crippen molar-refractivity contribution in [3.63, 3.8) is 0 Å². The highest BCUT2D eigenvalue weighted by atomic mass is 32.1. The number of nitrogens with zero attached hydrogens (tertiary/aromatic N) is 1. The molecule has 1 amide bonds. The number of anilines is 1. The summed E-state index contributed by atoms with van der Waals surface area (Å²) in [7, 11) is 0. The summed E-state index contributed by atoms with van der Waals surface area (Å²) in [6, 6.07) is 5.22. The first-order valence-corrected chi connectivity index (χ1v) is 6.16. The van der Waals surface area contributed by atoms with Crippen molar-refractivity contribution in [1.82, 2.24) is 4.98 Å². The van der Waals surface area contributed by atoms with Crippen LogP contribution in [-0.4, -0.2) is 17.4 Å². The van der Waals surface area contributed by atoms with Crippen molar-refractivity contribution in [3.8, 4) is 11.8 Å². The molecule has 0 aromatic carbocycles. The molecular formula is C13H11N3OS. The first-order valence-electron chi connectivity index (χ1n) is 5.28. The van der Waals surface area contributed by atoms with Crippen LogP contribution < -0.4 is 11.1 Å². The van der Waals surface area contributed by atoms with Crippen LogP contribution in [0.3, 0.4) is 0 Å². The lowest BCUT2D eigenvalue weighted by atomic mass is 10.3. The lowest BCUT2D eigenvalue weighted by Crippen LogP contribution is -2.10. The van der Waals surface area contributed by atoms with Gasteiger partial charge >= 0.3 is 0 Å². The van der Waals surface area contributed by atoms with E-state index in [9.17, 15) is 4.79 Å². The lowest BCUT2D eigenvalue weighted by Gasteiger charge is -2.01. The van der Waals surface area contributed by atoms with Gasteiger partial charge in [0.05, 0.1) is 17.0 Å². The third-order valence-corrected chi connectivity index (χ3v) is 2.96. The second kappa shape index (κ2) is 5.96. The van der Waals surface area contributed by atoms with Gasteiger partial charge in [0.1, 0.15) is 0 Å². The first-order chi connectivity index (χ1) is 8.79. The van der Waals surface area contributed by atoms with Gasteiger partial charge in [-0.3, -0.25) is 9.78 Å². The summed E-state index contributed by atoms with van der Waals surface area (Å²) in [6.07, 6.45) is 3.25. The highest BCUT2D eigenvalue weighted by Gasteiger charge is 2.07. The van der Waals surface area contributed by atoms with Crippen LogP contribution >= 0.6 is 11.3 Å². The smallest absolute Gasteiger partial charge is 0.256 e. The van der Waals surface area contributed by atoms with Crippen molar-refractivity contribution < 1.29 is 4.79 Å². The SMILES string of the molecule is NCC#Cc1cc(C(=O)Nc2ccncc2)cs1. The number of carbonyl (C=O) groups is 1. The maximum atomic E-state index is 11.9. The van der Waals surface area contributed by atoms with Gasteiger partial charge < -0.3 is 11.1 Å². The second-order valence-corrected chi connectivity index (χ2v) is 4.31. The van der Waals surface area contributed by atoms with Crippen molar-refractivity contribution in [2.45, 2.75) is 0 Å². The largest absolute Gasteiger partial charge is 0.322 e. The Labute approximate surface area is 109 Å². The van der Waals surface area contributed by atoms with Crippen LogP contribution in [0.15, 0.2) is 36.0 Å². The fourth-order valence-electron chi connectivity index (χ4n) is 1.30. The molecular weight excluding hydrogens is 246 g/mol. The summed E-state index contributed by atoms with van der Waals surface area (Å²) in [5.74, 6) is 5.50. The van der Waals surface area contributed by atoms with Gasteiger partial charge in [0.2, 0.25) is 0 Å². The van der Waals surface area contributed by atoms with Crippen molar-refractivity contribution in [2.24, 2.45) is 5.73 Å². The van der Waals surface area contributed by atoms with Gasteiger partial charge in [-0.2, -0.15) is 0 Å². The van der Waals surface area contributed by atoms with Crippen molar-refractivity contribution in [3.05, 3.63) is 46.4 Å². The molecule has 2 rings (SSSR count). The van der Waals surface area contributed by atoms with Gasteiger partial charge in [-0.25, -0.2) is 0 Å². The number of pyridine rings is 1. The Kier molecular flexibility index (Phi) is 4.07. The standard InChI is InChI=1S/C13H11N3OS/c14-5-1-2-12-8-10(9-18-12)13(17)16-11-3-6-15-7-4-11/h3-4,6-9H,5,14H2,(H,15,16,17). The number of thiophene rings is 1. The van der Waals surface area contributed by atoms with Crippen LogP contribution in [0.25, 0.3) is 0 Å². The van der Waals surface area contributed by atoms with Gasteiger partial charge in [0, 0.05) is 23.5 Å². The van der Waals surface area contributed by atoms with E-state index in [1.807, 2.05) is 0 Å². The normalized spacial score (nSPS) is 9.39. The zero-order valence-corrected chi connectivity index (χ0v) is 10.3. The van der Waals surface area contributed by atoms with Gasteiger partial charge in [-0.1, -0.05) is 11.8 Å². The molecule has 3 N–H and O–H groups in total. The summed E-state index contributed by atoms with van der Waals surface area (Å²) in [4.78, 5) is 16.6. The number of hydrogen-bond acceptors (Lipinski definition) is 4. The van der Waals surface area contributed by atoms with Crippen molar-refractivity contribution in [2.75, 3.05) is 11.9 Å². The summed E-state index contributed by atoms with van der Waals surface area (Å²) in [6.45, 7) is 0.316. The maximum absolute atomic E-state index is 11.9. The quantitative estimate of drug-likeness (QED) is 0.805. The molecule has 2 heterocycles. The van der Waals surface area contributed by atoms with Crippen LogP contribution in [-0.2, 0) is 0 Å². The molecule has 5 heteroatoms. The van der Waals surface area contributed by atoms with Crippen LogP contribution in [0.1, 0.15) is 15.2 Å². The Hall–Kier alpha value is -2.16. The molecule has 0 aliphatic carbocycles. The highest BCUT2D eigenvalue weighted by molar-refractivity contribution is 7.10. The second-order valence-electron chi connectivity index (χ2n) is 3.40. The van der Waals surface area contributed by atoms with Crippen LogP contribution in [0, 0.1) is 11.8 Å². The Bertz CT molecular complexity index is 595. The van der Waals surface area contributed by atoms with E-state index in [4.69, 9.17) is 5.73 Å². The minimum absolute atomic E-state index is 0.154. The van der Waals surface area contributed by atoms with E-state index in [0.717, 1.165) is 10.6 Å². The van der Waals surface area contributed by atoms with E-state index >= 15 is 0 Å². The molecule has 0 fully saturated rings. The van der Waals surface area contributed by atoms with E-state index in [1.165, 1.54) is 11.3 Å². The number of amides is 1. The molecule has 0 saturated carbocycles.